The molecular formula is C17H21N3O5S. The number of amides is 2. The number of β-lactam (4-membered cyclic amide) rings is 1. The van der Waals surface area contributed by atoms with Gasteiger partial charge in [0.1, 0.15) is 17.5 Å². The number of methoxy groups -OCH3 is 1. The molecule has 0 bridgehead atoms. The zero-order chi connectivity index (χ0) is 19.3. The van der Waals surface area contributed by atoms with Crippen LogP contribution in [0.15, 0.2) is 30.3 Å². The number of nitrogens with zero attached hydrogens (tertiary/aromatic N) is 1. The normalized spacial score (nSPS) is 30.3. The maximum atomic E-state index is 12.8. The first kappa shape index (κ1) is 18.7. The molecule has 2 aliphatic rings. The molecule has 26 heavy (non-hydrogen) atoms. The number of carboxylic acids is 1. The second kappa shape index (κ2) is 6.26. The van der Waals surface area contributed by atoms with Gasteiger partial charge < -0.3 is 25.8 Å². The second-order valence-corrected chi connectivity index (χ2v) is 8.58. The Balaban J connectivity index is 1.84. The minimum Gasteiger partial charge on any atom is -0.480 e. The topological polar surface area (TPSA) is 122 Å². The molecule has 1 aromatic rings. The van der Waals surface area contributed by atoms with Crippen molar-refractivity contribution in [2.45, 2.75) is 41.8 Å². The molecule has 2 fully saturated rings. The summed E-state index contributed by atoms with van der Waals surface area (Å²) in [6.45, 7) is 3.50. The third-order valence-electron chi connectivity index (χ3n) is 4.81. The monoisotopic (exact) mass is 379 g/mol. The molecule has 1 unspecified atom stereocenters. The van der Waals surface area contributed by atoms with Crippen molar-refractivity contribution in [1.82, 2.24) is 10.2 Å². The number of thioether (sulfide) groups is 1. The van der Waals surface area contributed by atoms with Gasteiger partial charge in [-0.1, -0.05) is 30.3 Å². The summed E-state index contributed by atoms with van der Waals surface area (Å²) in [6.07, 6.45) is 0. The van der Waals surface area contributed by atoms with Crippen LogP contribution in [0, 0.1) is 0 Å². The van der Waals surface area contributed by atoms with E-state index in [-0.39, 0.29) is 0 Å². The highest BCUT2D eigenvalue weighted by molar-refractivity contribution is 8.01. The second-order valence-electron chi connectivity index (χ2n) is 6.84. The highest BCUT2D eigenvalue weighted by Crippen LogP contribution is 2.55. The van der Waals surface area contributed by atoms with Crippen LogP contribution in [0.5, 0.6) is 0 Å². The lowest BCUT2D eigenvalue weighted by atomic mass is 9.93. The van der Waals surface area contributed by atoms with Gasteiger partial charge in [-0.25, -0.2) is 4.79 Å². The van der Waals surface area contributed by atoms with Crippen molar-refractivity contribution in [2.75, 3.05) is 7.11 Å². The van der Waals surface area contributed by atoms with Crippen molar-refractivity contribution >= 4 is 29.5 Å². The summed E-state index contributed by atoms with van der Waals surface area (Å²) in [6, 6.07) is 6.79. The number of ether oxygens (including phenoxy) is 1. The summed E-state index contributed by atoms with van der Waals surface area (Å²) in [7, 11) is 1.31. The summed E-state index contributed by atoms with van der Waals surface area (Å²) in [5.41, 5.74) is 4.98. The van der Waals surface area contributed by atoms with Gasteiger partial charge in [-0.15, -0.1) is 11.8 Å². The number of rotatable bonds is 5. The van der Waals surface area contributed by atoms with E-state index in [1.807, 2.05) is 0 Å². The summed E-state index contributed by atoms with van der Waals surface area (Å²) in [5, 5.41) is 11.5. The summed E-state index contributed by atoms with van der Waals surface area (Å²) >= 11 is 1.28. The number of carbonyl (C=O) groups excluding carboxylic acids is 2. The Labute approximate surface area is 155 Å². The lowest BCUT2D eigenvalue weighted by Gasteiger charge is -2.51. The average molecular weight is 379 g/mol. The Bertz CT molecular complexity index is 756. The average Bonchev–Trinajstić information content (AvgIpc) is 2.88. The van der Waals surface area contributed by atoms with Crippen LogP contribution < -0.4 is 11.1 Å². The highest BCUT2D eigenvalue weighted by Gasteiger charge is 2.73. The third kappa shape index (κ3) is 2.58. The number of nitrogens with one attached hydrogen (secondary N) is 1. The van der Waals surface area contributed by atoms with E-state index in [0.29, 0.717) is 5.56 Å². The van der Waals surface area contributed by atoms with Gasteiger partial charge in [0, 0.05) is 11.9 Å². The zero-order valence-electron chi connectivity index (χ0n) is 14.6. The minimum absolute atomic E-state index is 0.566. The zero-order valence-corrected chi connectivity index (χ0v) is 15.4. The van der Waals surface area contributed by atoms with E-state index in [0.717, 1.165) is 0 Å². The molecule has 9 heteroatoms. The molecule has 4 N–H and O–H groups in total. The van der Waals surface area contributed by atoms with E-state index in [1.165, 1.54) is 23.8 Å². The number of carboxylic acid groups (broad SMARTS) is 1. The van der Waals surface area contributed by atoms with Crippen LogP contribution >= 0.6 is 11.8 Å². The number of benzene rings is 1. The Morgan fingerprint density at radius 1 is 1.35 bits per heavy atom. The minimum atomic E-state index is -1.62. The van der Waals surface area contributed by atoms with Gasteiger partial charge in [0.05, 0.1) is 0 Å². The van der Waals surface area contributed by atoms with E-state index in [4.69, 9.17) is 10.5 Å². The lowest BCUT2D eigenvalue weighted by Crippen LogP contribution is -2.80. The van der Waals surface area contributed by atoms with Gasteiger partial charge in [-0.05, 0) is 19.4 Å². The number of carbonyl (C=O) groups is 3. The van der Waals surface area contributed by atoms with E-state index < -0.39 is 45.7 Å². The summed E-state index contributed by atoms with van der Waals surface area (Å²) < 4.78 is 4.66. The number of nitrogens with two attached hydrogens (primary N) is 1. The van der Waals surface area contributed by atoms with Crippen molar-refractivity contribution < 1.29 is 24.2 Å². The molecule has 0 aromatic heterocycles. The first-order valence-electron chi connectivity index (χ1n) is 8.07. The van der Waals surface area contributed by atoms with Crippen LogP contribution in [-0.4, -0.2) is 56.8 Å². The van der Waals surface area contributed by atoms with Gasteiger partial charge in [-0.3, -0.25) is 9.59 Å². The molecule has 2 saturated heterocycles. The maximum absolute atomic E-state index is 12.8. The van der Waals surface area contributed by atoms with Gasteiger partial charge >= 0.3 is 5.97 Å². The lowest BCUT2D eigenvalue weighted by molar-refractivity contribution is -0.201. The third-order valence-corrected chi connectivity index (χ3v) is 6.42. The van der Waals surface area contributed by atoms with Crippen LogP contribution in [0.2, 0.25) is 0 Å². The van der Waals surface area contributed by atoms with E-state index in [2.05, 4.69) is 5.32 Å². The van der Waals surface area contributed by atoms with Crippen molar-refractivity contribution in [2.24, 2.45) is 5.73 Å². The Morgan fingerprint density at radius 3 is 2.50 bits per heavy atom. The van der Waals surface area contributed by atoms with Crippen LogP contribution in [0.4, 0.5) is 0 Å². The molecule has 2 amide bonds. The van der Waals surface area contributed by atoms with Gasteiger partial charge in [0.15, 0.2) is 0 Å². The van der Waals surface area contributed by atoms with Crippen molar-refractivity contribution in [3.8, 4) is 0 Å². The van der Waals surface area contributed by atoms with Crippen molar-refractivity contribution in [1.29, 1.82) is 0 Å². The number of aliphatic carboxylic acids is 1. The van der Waals surface area contributed by atoms with E-state index >= 15 is 0 Å². The molecule has 2 aliphatic heterocycles. The van der Waals surface area contributed by atoms with Crippen molar-refractivity contribution in [3.63, 3.8) is 0 Å². The fourth-order valence-corrected chi connectivity index (χ4v) is 5.13. The van der Waals surface area contributed by atoms with Gasteiger partial charge in [0.2, 0.25) is 5.91 Å². The predicted molar refractivity (Wildman–Crippen MR) is 95.0 cm³/mol. The first-order chi connectivity index (χ1) is 12.2. The van der Waals surface area contributed by atoms with E-state index in [1.54, 1.807) is 44.2 Å². The Morgan fingerprint density at radius 2 is 1.96 bits per heavy atom. The highest BCUT2D eigenvalue weighted by atomic mass is 32.2. The van der Waals surface area contributed by atoms with Crippen LogP contribution in [0.3, 0.4) is 0 Å². The fourth-order valence-electron chi connectivity index (χ4n) is 3.46. The largest absolute Gasteiger partial charge is 0.480 e. The standard InChI is InChI=1S/C17H21N3O5S/c1-16(2)11(13(22)23)20-14(24)17(25-3,15(20)26-16)19-12(21)10(18)9-7-5-4-6-8-9/h4-8,10-11,15H,18H2,1-3H3,(H,19,21)(H,22,23)/t10?,11-,15+,17+/m0/s1. The number of hydrogen-bond donors (Lipinski definition) is 3. The molecule has 2 heterocycles. The molecule has 0 saturated carbocycles. The molecule has 4 atom stereocenters. The molecule has 0 radical (unpaired) electrons. The molecule has 140 valence electrons. The van der Waals surface area contributed by atoms with Gasteiger partial charge in [0.25, 0.3) is 11.6 Å². The molecule has 1 aromatic carbocycles. The SMILES string of the molecule is CO[C@]1(NC(=O)C(N)c2ccccc2)C(=O)N2[C@@H](C(=O)O)C(C)(C)S[C@@H]21. The molecule has 3 rings (SSSR count). The Hall–Kier alpha value is -2.10. The molecule has 8 nitrogen and oxygen atoms in total. The number of fused-ring (bicyclic) bond motifs is 1. The van der Waals surface area contributed by atoms with E-state index in [9.17, 15) is 19.5 Å². The van der Waals surface area contributed by atoms with Crippen LogP contribution in [0.1, 0.15) is 25.5 Å². The molecule has 0 spiro atoms. The van der Waals surface area contributed by atoms with Crippen LogP contribution in [-0.2, 0) is 19.1 Å². The fraction of sp³-hybridized carbons (Fsp3) is 0.471. The maximum Gasteiger partial charge on any atom is 0.327 e. The van der Waals surface area contributed by atoms with Gasteiger partial charge in [-0.2, -0.15) is 0 Å². The van der Waals surface area contributed by atoms with Crippen LogP contribution in [0.25, 0.3) is 0 Å². The smallest absolute Gasteiger partial charge is 0.327 e. The molecule has 0 aliphatic carbocycles. The first-order valence-corrected chi connectivity index (χ1v) is 8.95. The number of hydrogen-bond acceptors (Lipinski definition) is 6. The summed E-state index contributed by atoms with van der Waals surface area (Å²) in [4.78, 5) is 38.2. The quantitative estimate of drug-likeness (QED) is 0.496. The molecular weight excluding hydrogens is 358 g/mol. The van der Waals surface area contributed by atoms with Crippen molar-refractivity contribution in [3.05, 3.63) is 35.9 Å². The predicted octanol–water partition coefficient (Wildman–Crippen LogP) is 0.292. The summed E-state index contributed by atoms with van der Waals surface area (Å²) in [5.74, 6) is -2.23. The Kier molecular flexibility index (Phi) is 4.50.